The highest BCUT2D eigenvalue weighted by molar-refractivity contribution is 5.23. The monoisotopic (exact) mass is 243 g/mol. The molecule has 1 aliphatic heterocycles. The SMILES string of the molecule is CC1=C[C@@H](C)[C@H]2CO[C@@H](c3cccnc3)[C@@H]1[C@@H]2C. The minimum atomic E-state index is 0.189. The van der Waals surface area contributed by atoms with E-state index < -0.39 is 0 Å². The largest absolute Gasteiger partial charge is 0.373 e. The number of ether oxygens (including phenoxy) is 1. The second-order valence-electron chi connectivity index (χ2n) is 5.86. The van der Waals surface area contributed by atoms with E-state index in [9.17, 15) is 0 Å². The van der Waals surface area contributed by atoms with E-state index in [0.29, 0.717) is 23.7 Å². The van der Waals surface area contributed by atoms with Crippen LogP contribution in [-0.2, 0) is 4.74 Å². The summed E-state index contributed by atoms with van der Waals surface area (Å²) in [6.07, 6.45) is 6.41. The van der Waals surface area contributed by atoms with Crippen molar-refractivity contribution < 1.29 is 4.74 Å². The summed E-state index contributed by atoms with van der Waals surface area (Å²) in [4.78, 5) is 4.23. The van der Waals surface area contributed by atoms with Gasteiger partial charge in [-0.15, -0.1) is 0 Å². The Morgan fingerprint density at radius 2 is 2.17 bits per heavy atom. The Morgan fingerprint density at radius 3 is 2.89 bits per heavy atom. The third-order valence-corrected chi connectivity index (χ3v) is 4.78. The predicted molar refractivity (Wildman–Crippen MR) is 72.0 cm³/mol. The van der Waals surface area contributed by atoms with Crippen molar-refractivity contribution in [3.05, 3.63) is 41.7 Å². The molecule has 96 valence electrons. The molecule has 0 amide bonds. The van der Waals surface area contributed by atoms with Crippen molar-refractivity contribution in [2.75, 3.05) is 6.61 Å². The van der Waals surface area contributed by atoms with Gasteiger partial charge in [-0.1, -0.05) is 31.6 Å². The molecule has 2 heteroatoms. The molecule has 2 bridgehead atoms. The van der Waals surface area contributed by atoms with E-state index in [1.165, 1.54) is 11.1 Å². The van der Waals surface area contributed by atoms with Gasteiger partial charge in [0, 0.05) is 18.3 Å². The van der Waals surface area contributed by atoms with E-state index in [4.69, 9.17) is 4.74 Å². The molecular weight excluding hydrogens is 222 g/mol. The van der Waals surface area contributed by atoms with Crippen molar-refractivity contribution in [2.24, 2.45) is 23.7 Å². The molecule has 0 N–H and O–H groups in total. The maximum atomic E-state index is 6.16. The minimum absolute atomic E-state index is 0.189. The Kier molecular flexibility index (Phi) is 2.98. The van der Waals surface area contributed by atoms with Gasteiger partial charge in [-0.3, -0.25) is 4.98 Å². The first kappa shape index (κ1) is 11.9. The Bertz CT molecular complexity index is 453. The zero-order valence-electron chi connectivity index (χ0n) is 11.3. The van der Waals surface area contributed by atoms with Crippen LogP contribution in [0.5, 0.6) is 0 Å². The van der Waals surface area contributed by atoms with E-state index in [2.05, 4.69) is 37.9 Å². The fraction of sp³-hybridized carbons (Fsp3) is 0.562. The van der Waals surface area contributed by atoms with Gasteiger partial charge in [-0.2, -0.15) is 0 Å². The number of hydrogen-bond donors (Lipinski definition) is 0. The summed E-state index contributed by atoms with van der Waals surface area (Å²) in [6.45, 7) is 7.83. The van der Waals surface area contributed by atoms with Crippen LogP contribution < -0.4 is 0 Å². The predicted octanol–water partition coefficient (Wildman–Crippen LogP) is 3.62. The first-order chi connectivity index (χ1) is 8.68. The third kappa shape index (κ3) is 1.79. The lowest BCUT2D eigenvalue weighted by molar-refractivity contribution is -0.0935. The number of nitrogens with zero attached hydrogens (tertiary/aromatic N) is 1. The van der Waals surface area contributed by atoms with E-state index in [-0.39, 0.29) is 6.10 Å². The molecule has 1 aromatic heterocycles. The molecule has 1 aromatic rings. The second kappa shape index (κ2) is 4.51. The third-order valence-electron chi connectivity index (χ3n) is 4.78. The van der Waals surface area contributed by atoms with Gasteiger partial charge in [0.2, 0.25) is 0 Å². The van der Waals surface area contributed by atoms with Crippen molar-refractivity contribution in [1.29, 1.82) is 0 Å². The molecule has 1 saturated heterocycles. The first-order valence-corrected chi connectivity index (χ1v) is 6.88. The molecule has 2 nitrogen and oxygen atoms in total. The van der Waals surface area contributed by atoms with Gasteiger partial charge in [0.15, 0.2) is 0 Å². The van der Waals surface area contributed by atoms with Crippen LogP contribution in [-0.4, -0.2) is 11.6 Å². The first-order valence-electron chi connectivity index (χ1n) is 6.88. The molecule has 0 spiro atoms. The van der Waals surface area contributed by atoms with Crippen molar-refractivity contribution in [3.63, 3.8) is 0 Å². The fourth-order valence-corrected chi connectivity index (χ4v) is 3.79. The Hall–Kier alpha value is -1.15. The summed E-state index contributed by atoms with van der Waals surface area (Å²) in [5.74, 6) is 2.53. The highest BCUT2D eigenvalue weighted by atomic mass is 16.5. The zero-order chi connectivity index (χ0) is 12.7. The maximum Gasteiger partial charge on any atom is 0.0907 e. The van der Waals surface area contributed by atoms with Gasteiger partial charge in [-0.05, 0) is 36.3 Å². The Balaban J connectivity index is 1.97. The standard InChI is InChI=1S/C16H21NO/c1-10-7-11(2)15-12(3)14(10)9-18-16(15)13-5-4-6-17-8-13/h4-8,10,12,14-16H,9H2,1-3H3/t10-,12-,14-,15+,16+/m1/s1. The molecule has 0 aromatic carbocycles. The molecule has 0 unspecified atom stereocenters. The maximum absolute atomic E-state index is 6.16. The van der Waals surface area contributed by atoms with Crippen molar-refractivity contribution >= 4 is 0 Å². The molecule has 3 rings (SSSR count). The van der Waals surface area contributed by atoms with Crippen LogP contribution in [0.15, 0.2) is 36.2 Å². The summed E-state index contributed by atoms with van der Waals surface area (Å²) in [6, 6.07) is 4.13. The van der Waals surface area contributed by atoms with Crippen LogP contribution in [0.25, 0.3) is 0 Å². The molecular formula is C16H21NO. The molecule has 5 atom stereocenters. The van der Waals surface area contributed by atoms with Gasteiger partial charge < -0.3 is 4.74 Å². The van der Waals surface area contributed by atoms with Crippen LogP contribution >= 0.6 is 0 Å². The summed E-state index contributed by atoms with van der Waals surface area (Å²) >= 11 is 0. The highest BCUT2D eigenvalue weighted by Crippen LogP contribution is 2.49. The molecule has 18 heavy (non-hydrogen) atoms. The van der Waals surface area contributed by atoms with Crippen LogP contribution in [0, 0.1) is 23.7 Å². The molecule has 0 radical (unpaired) electrons. The normalized spacial score (nSPS) is 39.3. The van der Waals surface area contributed by atoms with Crippen molar-refractivity contribution in [1.82, 2.24) is 4.98 Å². The number of hydrogen-bond acceptors (Lipinski definition) is 2. The summed E-state index contributed by atoms with van der Waals surface area (Å²) in [5.41, 5.74) is 2.70. The van der Waals surface area contributed by atoms with Gasteiger partial charge in [-0.25, -0.2) is 0 Å². The number of pyridine rings is 1. The molecule has 1 fully saturated rings. The lowest BCUT2D eigenvalue weighted by Crippen LogP contribution is -2.42. The topological polar surface area (TPSA) is 22.1 Å². The van der Waals surface area contributed by atoms with Gasteiger partial charge in [0.1, 0.15) is 0 Å². The zero-order valence-corrected chi connectivity index (χ0v) is 11.3. The molecule has 2 heterocycles. The van der Waals surface area contributed by atoms with Crippen LogP contribution in [0.2, 0.25) is 0 Å². The average molecular weight is 243 g/mol. The van der Waals surface area contributed by atoms with Crippen LogP contribution in [0.1, 0.15) is 32.4 Å². The number of rotatable bonds is 1. The lowest BCUT2D eigenvalue weighted by atomic mass is 9.65. The second-order valence-corrected chi connectivity index (χ2v) is 5.86. The number of aromatic nitrogens is 1. The summed E-state index contributed by atoms with van der Waals surface area (Å²) in [7, 11) is 0. The fourth-order valence-electron chi connectivity index (χ4n) is 3.79. The summed E-state index contributed by atoms with van der Waals surface area (Å²) < 4.78 is 6.16. The molecule has 0 saturated carbocycles. The van der Waals surface area contributed by atoms with Gasteiger partial charge in [0.05, 0.1) is 12.7 Å². The van der Waals surface area contributed by atoms with Gasteiger partial charge in [0.25, 0.3) is 0 Å². The van der Waals surface area contributed by atoms with Crippen LogP contribution in [0.4, 0.5) is 0 Å². The number of allylic oxidation sites excluding steroid dienone is 1. The lowest BCUT2D eigenvalue weighted by Gasteiger charge is -2.47. The summed E-state index contributed by atoms with van der Waals surface area (Å²) in [5, 5.41) is 0. The van der Waals surface area contributed by atoms with Crippen LogP contribution in [0.3, 0.4) is 0 Å². The van der Waals surface area contributed by atoms with Gasteiger partial charge >= 0.3 is 0 Å². The molecule has 1 aliphatic carbocycles. The Labute approximate surface area is 109 Å². The average Bonchev–Trinajstić information content (AvgIpc) is 2.37. The van der Waals surface area contributed by atoms with Crippen molar-refractivity contribution in [2.45, 2.75) is 26.9 Å². The smallest absolute Gasteiger partial charge is 0.0907 e. The van der Waals surface area contributed by atoms with E-state index in [1.54, 1.807) is 0 Å². The van der Waals surface area contributed by atoms with E-state index in [1.807, 2.05) is 18.5 Å². The molecule has 2 aliphatic rings. The Morgan fingerprint density at radius 1 is 1.33 bits per heavy atom. The minimum Gasteiger partial charge on any atom is -0.373 e. The number of fused-ring (bicyclic) bond motifs is 2. The van der Waals surface area contributed by atoms with E-state index in [0.717, 1.165) is 6.61 Å². The van der Waals surface area contributed by atoms with Crippen molar-refractivity contribution in [3.8, 4) is 0 Å². The quantitative estimate of drug-likeness (QED) is 0.703. The van der Waals surface area contributed by atoms with E-state index >= 15 is 0 Å². The highest BCUT2D eigenvalue weighted by Gasteiger charge is 2.43.